The largest absolute Gasteiger partial charge is 0.465 e. The van der Waals surface area contributed by atoms with E-state index in [9.17, 15) is 24.0 Å². The van der Waals surface area contributed by atoms with Gasteiger partial charge in [0, 0.05) is 45.6 Å². The minimum absolute atomic E-state index is 0.0228. The molecule has 1 saturated heterocycles. The van der Waals surface area contributed by atoms with Crippen molar-refractivity contribution in [1.29, 1.82) is 0 Å². The van der Waals surface area contributed by atoms with E-state index in [2.05, 4.69) is 69.1 Å². The number of allylic oxidation sites excluding steroid dienone is 4. The molecule has 3 atom stereocenters. The maximum Gasteiger partial charge on any atom is 0.407 e. The number of hydrogen-bond donors (Lipinski definition) is 1. The smallest absolute Gasteiger partial charge is 0.407 e. The molecule has 1 heterocycles. The van der Waals surface area contributed by atoms with E-state index in [0.717, 1.165) is 154 Å². The SMILES string of the molecule is CC/C=C\CCCCOC(CCC(=O)OCC(COC(=O)CCCCCCOC(=O)C(CCCC)CCCCCC)COC(=O)CCC(CCCCCC)OC(=O)NCCN1CCCCC1)OCCCC/C=C\CC. The van der Waals surface area contributed by atoms with Gasteiger partial charge in [0.05, 0.1) is 24.9 Å². The average Bonchev–Trinajstić information content (AvgIpc) is 3.41. The van der Waals surface area contributed by atoms with Crippen LogP contribution in [0.4, 0.5) is 4.79 Å². The zero-order valence-electron chi connectivity index (χ0n) is 48.4. The zero-order valence-corrected chi connectivity index (χ0v) is 48.4. The van der Waals surface area contributed by atoms with Gasteiger partial charge in [0.25, 0.3) is 0 Å². The van der Waals surface area contributed by atoms with Crippen LogP contribution < -0.4 is 5.32 Å². The van der Waals surface area contributed by atoms with Gasteiger partial charge in [-0.1, -0.05) is 136 Å². The fourth-order valence-electron chi connectivity index (χ4n) is 8.87. The summed E-state index contributed by atoms with van der Waals surface area (Å²) in [4.78, 5) is 67.4. The van der Waals surface area contributed by atoms with Gasteiger partial charge >= 0.3 is 30.0 Å². The summed E-state index contributed by atoms with van der Waals surface area (Å²) in [5.41, 5.74) is 0. The van der Waals surface area contributed by atoms with E-state index in [-0.39, 0.29) is 56.9 Å². The molecule has 0 spiro atoms. The fourth-order valence-corrected chi connectivity index (χ4v) is 8.87. The predicted octanol–water partition coefficient (Wildman–Crippen LogP) is 14.2. The van der Waals surface area contributed by atoms with Crippen LogP contribution in [0.2, 0.25) is 0 Å². The molecule has 3 unspecified atom stereocenters. The van der Waals surface area contributed by atoms with E-state index in [1.807, 2.05) is 0 Å². The molecule has 14 nitrogen and oxygen atoms in total. The number of ether oxygens (including phenoxy) is 7. The van der Waals surface area contributed by atoms with Crippen molar-refractivity contribution in [1.82, 2.24) is 10.2 Å². The third kappa shape index (κ3) is 43.2. The molecule has 1 aliphatic rings. The predicted molar refractivity (Wildman–Crippen MR) is 300 cm³/mol. The summed E-state index contributed by atoms with van der Waals surface area (Å²) in [6.07, 6.45) is 35.8. The molecule has 0 bridgehead atoms. The van der Waals surface area contributed by atoms with Crippen LogP contribution in [-0.2, 0) is 52.3 Å². The quantitative estimate of drug-likeness (QED) is 0.0201. The molecule has 436 valence electrons. The molecule has 1 N–H and O–H groups in total. The number of unbranched alkanes of at least 4 members (excludes halogenated alkanes) is 14. The van der Waals surface area contributed by atoms with Gasteiger partial charge in [-0.3, -0.25) is 19.2 Å². The topological polar surface area (TPSA) is 165 Å². The molecule has 1 amide bonds. The second-order valence-corrected chi connectivity index (χ2v) is 20.6. The number of alkyl carbamates (subject to hydrolysis) is 1. The van der Waals surface area contributed by atoms with Crippen LogP contribution in [0.1, 0.15) is 247 Å². The maximum atomic E-state index is 13.2. The van der Waals surface area contributed by atoms with Gasteiger partial charge in [-0.15, -0.1) is 0 Å². The summed E-state index contributed by atoms with van der Waals surface area (Å²) in [5, 5.41) is 2.90. The van der Waals surface area contributed by atoms with Crippen LogP contribution in [0.3, 0.4) is 0 Å². The van der Waals surface area contributed by atoms with Gasteiger partial charge in [0.1, 0.15) is 25.9 Å². The van der Waals surface area contributed by atoms with Gasteiger partial charge in [-0.25, -0.2) is 4.79 Å². The Morgan fingerprint density at radius 3 is 1.60 bits per heavy atom. The van der Waals surface area contributed by atoms with E-state index in [1.54, 1.807) is 0 Å². The second-order valence-electron chi connectivity index (χ2n) is 20.6. The fraction of sp³-hybridized carbons (Fsp3) is 0.852. The lowest BCUT2D eigenvalue weighted by molar-refractivity contribution is -0.162. The van der Waals surface area contributed by atoms with Gasteiger partial charge in [0.2, 0.25) is 0 Å². The Hall–Kier alpha value is -3.49. The van der Waals surface area contributed by atoms with E-state index < -0.39 is 36.3 Å². The number of nitrogens with one attached hydrogen (secondary N) is 1. The summed E-state index contributed by atoms with van der Waals surface area (Å²) >= 11 is 0. The maximum absolute atomic E-state index is 13.2. The number of amides is 1. The second kappa shape index (κ2) is 51.3. The molecular formula is C61H110N2O12. The molecule has 0 aliphatic carbocycles. The molecule has 0 aromatic heterocycles. The number of carbonyl (C=O) groups excluding carboxylic acids is 5. The molecule has 14 heteroatoms. The van der Waals surface area contributed by atoms with Crippen LogP contribution in [0.15, 0.2) is 24.3 Å². The number of piperidine rings is 1. The van der Waals surface area contributed by atoms with Crippen molar-refractivity contribution in [3.63, 3.8) is 0 Å². The summed E-state index contributed by atoms with van der Waals surface area (Å²) in [6.45, 7) is 15.2. The Morgan fingerprint density at radius 2 is 1.01 bits per heavy atom. The summed E-state index contributed by atoms with van der Waals surface area (Å²) in [5.74, 6) is -2.00. The lowest BCUT2D eigenvalue weighted by Gasteiger charge is -2.26. The van der Waals surface area contributed by atoms with Gasteiger partial charge in [-0.05, 0) is 122 Å². The molecular weight excluding hydrogens is 953 g/mol. The van der Waals surface area contributed by atoms with Crippen LogP contribution in [-0.4, -0.2) is 113 Å². The Bertz CT molecular complexity index is 1430. The molecule has 0 radical (unpaired) electrons. The minimum atomic E-state index is -0.595. The van der Waals surface area contributed by atoms with E-state index in [1.165, 1.54) is 32.1 Å². The third-order valence-corrected chi connectivity index (χ3v) is 13.6. The molecule has 0 saturated carbocycles. The average molecular weight is 1060 g/mol. The van der Waals surface area contributed by atoms with Crippen LogP contribution in [0, 0.1) is 11.8 Å². The number of hydrogen-bond acceptors (Lipinski definition) is 13. The number of likely N-dealkylation sites (tertiary alicyclic amines) is 1. The van der Waals surface area contributed by atoms with Crippen molar-refractivity contribution in [2.75, 3.05) is 65.8 Å². The first-order valence-electron chi connectivity index (χ1n) is 30.5. The Balaban J connectivity index is 2.82. The van der Waals surface area contributed by atoms with Crippen molar-refractivity contribution >= 4 is 30.0 Å². The van der Waals surface area contributed by atoms with E-state index >= 15 is 0 Å². The molecule has 1 aliphatic heterocycles. The summed E-state index contributed by atoms with van der Waals surface area (Å²) in [7, 11) is 0. The molecule has 1 rings (SSSR count). The first kappa shape index (κ1) is 69.5. The van der Waals surface area contributed by atoms with Gasteiger partial charge in [0.15, 0.2) is 6.29 Å². The van der Waals surface area contributed by atoms with Gasteiger partial charge in [-0.2, -0.15) is 0 Å². The first-order chi connectivity index (χ1) is 36.6. The van der Waals surface area contributed by atoms with Crippen LogP contribution in [0.5, 0.6) is 0 Å². The van der Waals surface area contributed by atoms with Crippen LogP contribution in [0.25, 0.3) is 0 Å². The third-order valence-electron chi connectivity index (χ3n) is 13.6. The lowest BCUT2D eigenvalue weighted by Crippen LogP contribution is -2.38. The van der Waals surface area contributed by atoms with E-state index in [4.69, 9.17) is 33.2 Å². The van der Waals surface area contributed by atoms with Crippen molar-refractivity contribution in [3.05, 3.63) is 24.3 Å². The molecule has 1 fully saturated rings. The monoisotopic (exact) mass is 1060 g/mol. The number of carbonyl (C=O) groups is 5. The van der Waals surface area contributed by atoms with Crippen molar-refractivity contribution < 1.29 is 57.1 Å². The summed E-state index contributed by atoms with van der Waals surface area (Å²) < 4.78 is 40.8. The lowest BCUT2D eigenvalue weighted by atomic mass is 9.95. The number of esters is 4. The first-order valence-corrected chi connectivity index (χ1v) is 30.5. The van der Waals surface area contributed by atoms with Crippen molar-refractivity contribution in [2.24, 2.45) is 11.8 Å². The number of nitrogens with zero attached hydrogens (tertiary/aromatic N) is 1. The standard InChI is InChI=1S/C61H110N2O12/c1-6-11-16-20-23-32-47-69-59(70-48-33-24-21-17-12-7-2)42-41-58(66)74-52-53(50-72-56(64)38-29-22-25-34-49-71-60(67)54(35-15-10-5)36-27-18-13-8-3)51-73-57(65)40-39-55(37-28-19-14-9-4)75-61(68)62-43-46-63-44-30-26-31-45-63/h11-12,16-17,53-55,59H,6-10,13-15,18-52H2,1-5H3,(H,62,68)/b16-11-,17-12-. The van der Waals surface area contributed by atoms with Gasteiger partial charge < -0.3 is 43.4 Å². The molecule has 75 heavy (non-hydrogen) atoms. The van der Waals surface area contributed by atoms with Crippen molar-refractivity contribution in [2.45, 2.75) is 259 Å². The number of rotatable bonds is 51. The van der Waals surface area contributed by atoms with E-state index in [0.29, 0.717) is 52.0 Å². The van der Waals surface area contributed by atoms with Crippen molar-refractivity contribution in [3.8, 4) is 0 Å². The normalized spacial score (nSPS) is 14.3. The highest BCUT2D eigenvalue weighted by atomic mass is 16.7. The summed E-state index contributed by atoms with van der Waals surface area (Å²) in [6, 6.07) is 0. The molecule has 0 aromatic rings. The Kier molecular flexibility index (Phi) is 47.5. The highest BCUT2D eigenvalue weighted by Gasteiger charge is 2.23. The Labute approximate surface area is 456 Å². The Morgan fingerprint density at radius 1 is 0.493 bits per heavy atom. The zero-order chi connectivity index (χ0) is 54.7. The highest BCUT2D eigenvalue weighted by molar-refractivity contribution is 5.72. The molecule has 0 aromatic carbocycles. The highest BCUT2D eigenvalue weighted by Crippen LogP contribution is 2.20. The van der Waals surface area contributed by atoms with Crippen LogP contribution >= 0.6 is 0 Å². The minimum Gasteiger partial charge on any atom is -0.465 e.